The zero-order chi connectivity index (χ0) is 8.39. The lowest BCUT2D eigenvalue weighted by atomic mass is 9.95. The van der Waals surface area contributed by atoms with Gasteiger partial charge in [0, 0.05) is 12.6 Å². The van der Waals surface area contributed by atoms with Crippen molar-refractivity contribution in [1.82, 2.24) is 0 Å². The molecular formula is C9H16N2O. The van der Waals surface area contributed by atoms with Crippen LogP contribution >= 0.6 is 0 Å². The molecule has 1 saturated carbocycles. The Kier molecular flexibility index (Phi) is 2.42. The molecule has 3 heteroatoms. The summed E-state index contributed by atoms with van der Waals surface area (Å²) < 4.78 is 5.82. The molecular weight excluding hydrogens is 152 g/mol. The lowest BCUT2D eigenvalue weighted by molar-refractivity contribution is -0.0576. The highest BCUT2D eigenvalue weighted by atomic mass is 16.5. The molecule has 0 aromatic rings. The first-order valence-corrected chi connectivity index (χ1v) is 4.75. The van der Waals surface area contributed by atoms with Crippen molar-refractivity contribution in [2.75, 3.05) is 6.54 Å². The Balaban J connectivity index is 1.81. The van der Waals surface area contributed by atoms with Crippen molar-refractivity contribution in [3.8, 4) is 0 Å². The third-order valence-corrected chi connectivity index (χ3v) is 2.68. The van der Waals surface area contributed by atoms with Gasteiger partial charge in [-0.15, -0.1) is 0 Å². The monoisotopic (exact) mass is 168 g/mol. The molecule has 0 aromatic carbocycles. The summed E-state index contributed by atoms with van der Waals surface area (Å²) >= 11 is 0. The normalized spacial score (nSPS) is 36.4. The minimum absolute atomic E-state index is 0.121. The van der Waals surface area contributed by atoms with E-state index in [1.54, 1.807) is 0 Å². The molecule has 2 atom stereocenters. The maximum Gasteiger partial charge on any atom is 0.0796 e. The van der Waals surface area contributed by atoms with Crippen LogP contribution in [0.2, 0.25) is 0 Å². The highest BCUT2D eigenvalue weighted by Crippen LogP contribution is 2.25. The van der Waals surface area contributed by atoms with E-state index in [1.807, 2.05) is 6.21 Å². The molecule has 2 aliphatic rings. The second-order valence-corrected chi connectivity index (χ2v) is 3.67. The van der Waals surface area contributed by atoms with Crippen LogP contribution in [0.5, 0.6) is 0 Å². The SMILES string of the molecule is NC1CN=CCC1OC1CCC1. The van der Waals surface area contributed by atoms with Gasteiger partial charge >= 0.3 is 0 Å². The summed E-state index contributed by atoms with van der Waals surface area (Å²) in [7, 11) is 0. The fourth-order valence-electron chi connectivity index (χ4n) is 1.58. The van der Waals surface area contributed by atoms with Gasteiger partial charge in [-0.3, -0.25) is 4.99 Å². The van der Waals surface area contributed by atoms with Crippen molar-refractivity contribution >= 4 is 6.21 Å². The smallest absolute Gasteiger partial charge is 0.0796 e. The molecule has 0 radical (unpaired) electrons. The van der Waals surface area contributed by atoms with Crippen LogP contribution in [0.1, 0.15) is 25.7 Å². The molecule has 0 bridgehead atoms. The standard InChI is InChI=1S/C9H16N2O/c10-8-6-11-5-4-9(8)12-7-2-1-3-7/h5,7-9H,1-4,6,10H2. The molecule has 2 N–H and O–H groups in total. The molecule has 2 unspecified atom stereocenters. The topological polar surface area (TPSA) is 47.6 Å². The van der Waals surface area contributed by atoms with E-state index in [2.05, 4.69) is 4.99 Å². The Hall–Kier alpha value is -0.410. The lowest BCUT2D eigenvalue weighted by Gasteiger charge is -2.33. The van der Waals surface area contributed by atoms with Gasteiger partial charge in [-0.1, -0.05) is 0 Å². The molecule has 0 spiro atoms. The molecule has 1 aliphatic carbocycles. The van der Waals surface area contributed by atoms with E-state index >= 15 is 0 Å². The van der Waals surface area contributed by atoms with Gasteiger partial charge in [-0.25, -0.2) is 0 Å². The number of hydrogen-bond acceptors (Lipinski definition) is 3. The van der Waals surface area contributed by atoms with Crippen molar-refractivity contribution in [2.45, 2.75) is 43.9 Å². The largest absolute Gasteiger partial charge is 0.373 e. The third-order valence-electron chi connectivity index (χ3n) is 2.68. The van der Waals surface area contributed by atoms with Gasteiger partial charge in [0.1, 0.15) is 0 Å². The Labute approximate surface area is 73.0 Å². The van der Waals surface area contributed by atoms with Gasteiger partial charge in [0.05, 0.1) is 24.8 Å². The summed E-state index contributed by atoms with van der Waals surface area (Å²) in [5.74, 6) is 0. The first-order chi connectivity index (χ1) is 5.86. The zero-order valence-corrected chi connectivity index (χ0v) is 7.28. The molecule has 3 nitrogen and oxygen atoms in total. The van der Waals surface area contributed by atoms with Gasteiger partial charge in [0.15, 0.2) is 0 Å². The summed E-state index contributed by atoms with van der Waals surface area (Å²) in [5, 5.41) is 0. The molecule has 1 heterocycles. The summed E-state index contributed by atoms with van der Waals surface area (Å²) in [6, 6.07) is 0.121. The predicted octanol–water partition coefficient (Wildman–Crippen LogP) is 0.726. The molecule has 1 aliphatic heterocycles. The third kappa shape index (κ3) is 1.67. The molecule has 0 aromatic heterocycles. The fraction of sp³-hybridized carbons (Fsp3) is 0.889. The van der Waals surface area contributed by atoms with E-state index in [9.17, 15) is 0 Å². The van der Waals surface area contributed by atoms with Crippen LogP contribution in [0, 0.1) is 0 Å². The van der Waals surface area contributed by atoms with E-state index < -0.39 is 0 Å². The van der Waals surface area contributed by atoms with Crippen LogP contribution in [0.4, 0.5) is 0 Å². The van der Waals surface area contributed by atoms with Crippen molar-refractivity contribution in [3.05, 3.63) is 0 Å². The van der Waals surface area contributed by atoms with Gasteiger partial charge < -0.3 is 10.5 Å². The van der Waals surface area contributed by atoms with Gasteiger partial charge in [0.25, 0.3) is 0 Å². The first kappa shape index (κ1) is 8.20. The highest BCUT2D eigenvalue weighted by molar-refractivity contribution is 5.59. The Morgan fingerprint density at radius 1 is 1.42 bits per heavy atom. The predicted molar refractivity (Wildman–Crippen MR) is 48.5 cm³/mol. The van der Waals surface area contributed by atoms with Crippen LogP contribution < -0.4 is 5.73 Å². The summed E-state index contributed by atoms with van der Waals surface area (Å²) in [6.07, 6.45) is 7.33. The lowest BCUT2D eigenvalue weighted by Crippen LogP contribution is -2.44. The van der Waals surface area contributed by atoms with E-state index in [0.29, 0.717) is 6.10 Å². The van der Waals surface area contributed by atoms with Crippen molar-refractivity contribution in [1.29, 1.82) is 0 Å². The minimum atomic E-state index is 0.121. The quantitative estimate of drug-likeness (QED) is 0.660. The maximum absolute atomic E-state index is 5.87. The second kappa shape index (κ2) is 3.54. The number of rotatable bonds is 2. The van der Waals surface area contributed by atoms with Crippen molar-refractivity contribution in [2.24, 2.45) is 10.7 Å². The van der Waals surface area contributed by atoms with Crippen LogP contribution in [-0.4, -0.2) is 31.0 Å². The maximum atomic E-state index is 5.87. The average molecular weight is 168 g/mol. The van der Waals surface area contributed by atoms with Crippen LogP contribution in [0.25, 0.3) is 0 Å². The number of nitrogens with zero attached hydrogens (tertiary/aromatic N) is 1. The van der Waals surface area contributed by atoms with Gasteiger partial charge in [-0.05, 0) is 19.3 Å². The number of hydrogen-bond donors (Lipinski definition) is 1. The van der Waals surface area contributed by atoms with E-state index in [4.69, 9.17) is 10.5 Å². The zero-order valence-electron chi connectivity index (χ0n) is 7.28. The van der Waals surface area contributed by atoms with E-state index in [-0.39, 0.29) is 12.1 Å². The van der Waals surface area contributed by atoms with Gasteiger partial charge in [-0.2, -0.15) is 0 Å². The summed E-state index contributed by atoms with van der Waals surface area (Å²) in [5.41, 5.74) is 5.87. The van der Waals surface area contributed by atoms with Crippen molar-refractivity contribution < 1.29 is 4.74 Å². The number of nitrogens with two attached hydrogens (primary N) is 1. The van der Waals surface area contributed by atoms with Gasteiger partial charge in [0.2, 0.25) is 0 Å². The van der Waals surface area contributed by atoms with Crippen LogP contribution in [0.15, 0.2) is 4.99 Å². The number of ether oxygens (including phenoxy) is 1. The summed E-state index contributed by atoms with van der Waals surface area (Å²) in [4.78, 5) is 4.13. The first-order valence-electron chi connectivity index (χ1n) is 4.75. The number of aliphatic imine (C=N–C) groups is 1. The minimum Gasteiger partial charge on any atom is -0.373 e. The molecule has 1 fully saturated rings. The van der Waals surface area contributed by atoms with Crippen LogP contribution in [0.3, 0.4) is 0 Å². The molecule has 2 rings (SSSR count). The Morgan fingerprint density at radius 3 is 2.83 bits per heavy atom. The van der Waals surface area contributed by atoms with Crippen molar-refractivity contribution in [3.63, 3.8) is 0 Å². The fourth-order valence-corrected chi connectivity index (χ4v) is 1.58. The molecule has 68 valence electrons. The highest BCUT2D eigenvalue weighted by Gasteiger charge is 2.26. The molecule has 12 heavy (non-hydrogen) atoms. The van der Waals surface area contributed by atoms with E-state index in [0.717, 1.165) is 13.0 Å². The van der Waals surface area contributed by atoms with E-state index in [1.165, 1.54) is 19.3 Å². The Bertz CT molecular complexity index is 177. The molecule has 0 amide bonds. The molecule has 0 saturated heterocycles. The van der Waals surface area contributed by atoms with Crippen LogP contribution in [-0.2, 0) is 4.74 Å². The average Bonchev–Trinajstić information content (AvgIpc) is 2.00. The Morgan fingerprint density at radius 2 is 2.25 bits per heavy atom. The second-order valence-electron chi connectivity index (χ2n) is 3.67. The summed E-state index contributed by atoms with van der Waals surface area (Å²) in [6.45, 7) is 0.734.